The van der Waals surface area contributed by atoms with Gasteiger partial charge in [0.25, 0.3) is 5.56 Å². The first-order valence-corrected chi connectivity index (χ1v) is 9.12. The molecule has 0 aliphatic carbocycles. The lowest BCUT2D eigenvalue weighted by molar-refractivity contribution is 0.408. The van der Waals surface area contributed by atoms with Crippen LogP contribution >= 0.6 is 0 Å². The number of aromatic nitrogens is 2. The number of hydrogen-bond acceptors (Lipinski definition) is 4. The van der Waals surface area contributed by atoms with E-state index in [4.69, 9.17) is 0 Å². The van der Waals surface area contributed by atoms with Gasteiger partial charge in [-0.05, 0) is 36.1 Å². The fraction of sp³-hybridized carbons (Fsp3) is 0.227. The summed E-state index contributed by atoms with van der Waals surface area (Å²) >= 11 is 0. The van der Waals surface area contributed by atoms with Gasteiger partial charge in [-0.15, -0.1) is 0 Å². The number of aromatic amines is 1. The third kappa shape index (κ3) is 4.11. The molecule has 6 nitrogen and oxygen atoms in total. The fourth-order valence-electron chi connectivity index (χ4n) is 2.98. The van der Waals surface area contributed by atoms with Crippen molar-refractivity contribution in [3.05, 3.63) is 92.1 Å². The molecule has 0 atom stereocenters. The Bertz CT molecular complexity index is 1110. The van der Waals surface area contributed by atoms with E-state index in [1.54, 1.807) is 6.92 Å². The summed E-state index contributed by atoms with van der Waals surface area (Å²) in [4.78, 5) is 31.3. The normalized spacial score (nSPS) is 11.8. The Morgan fingerprint density at radius 1 is 1.07 bits per heavy atom. The first-order valence-electron chi connectivity index (χ1n) is 9.12. The minimum Gasteiger partial charge on any atom is -0.494 e. The van der Waals surface area contributed by atoms with E-state index in [-0.39, 0.29) is 12.1 Å². The maximum absolute atomic E-state index is 12.3. The van der Waals surface area contributed by atoms with Gasteiger partial charge in [0.05, 0.1) is 17.9 Å². The van der Waals surface area contributed by atoms with Crippen molar-refractivity contribution in [3.8, 4) is 5.88 Å². The summed E-state index contributed by atoms with van der Waals surface area (Å²) in [7, 11) is 0. The molecular formula is C22H23N3O3. The number of aromatic hydroxyl groups is 1. The molecule has 0 saturated carbocycles. The van der Waals surface area contributed by atoms with Gasteiger partial charge < -0.3 is 5.11 Å². The highest BCUT2D eigenvalue weighted by Crippen LogP contribution is 2.21. The van der Waals surface area contributed by atoms with Gasteiger partial charge in [0.1, 0.15) is 5.56 Å². The van der Waals surface area contributed by atoms with E-state index in [9.17, 15) is 14.7 Å². The van der Waals surface area contributed by atoms with E-state index in [0.717, 1.165) is 10.1 Å². The minimum atomic E-state index is -0.663. The van der Waals surface area contributed by atoms with E-state index in [2.05, 4.69) is 23.8 Å². The first-order chi connectivity index (χ1) is 13.4. The monoisotopic (exact) mass is 377 g/mol. The third-order valence-electron chi connectivity index (χ3n) is 4.57. The Balaban J connectivity index is 2.02. The summed E-state index contributed by atoms with van der Waals surface area (Å²) in [6.45, 7) is 6.00. The molecule has 0 amide bonds. The molecular weight excluding hydrogens is 354 g/mol. The predicted molar refractivity (Wildman–Crippen MR) is 111 cm³/mol. The average molecular weight is 377 g/mol. The highest BCUT2D eigenvalue weighted by Gasteiger charge is 2.17. The topological polar surface area (TPSA) is 87.4 Å². The van der Waals surface area contributed by atoms with Gasteiger partial charge in [0, 0.05) is 0 Å². The van der Waals surface area contributed by atoms with E-state index >= 15 is 0 Å². The van der Waals surface area contributed by atoms with Gasteiger partial charge in [-0.2, -0.15) is 0 Å². The van der Waals surface area contributed by atoms with Crippen LogP contribution in [-0.4, -0.2) is 20.4 Å². The van der Waals surface area contributed by atoms with Gasteiger partial charge >= 0.3 is 5.69 Å². The number of rotatable bonds is 5. The first kappa shape index (κ1) is 19.4. The van der Waals surface area contributed by atoms with Crippen LogP contribution in [0.3, 0.4) is 0 Å². The van der Waals surface area contributed by atoms with Crippen molar-refractivity contribution in [1.82, 2.24) is 9.55 Å². The van der Waals surface area contributed by atoms with Gasteiger partial charge in [0.15, 0.2) is 0 Å². The molecule has 0 fully saturated rings. The minimum absolute atomic E-state index is 0.0107. The molecule has 0 aliphatic heterocycles. The average Bonchev–Trinajstić information content (AvgIpc) is 2.66. The van der Waals surface area contributed by atoms with Crippen molar-refractivity contribution in [2.45, 2.75) is 33.2 Å². The Morgan fingerprint density at radius 3 is 2.32 bits per heavy atom. The molecule has 3 rings (SSSR count). The zero-order valence-corrected chi connectivity index (χ0v) is 16.1. The van der Waals surface area contributed by atoms with Crippen LogP contribution in [0.4, 0.5) is 5.69 Å². The smallest absolute Gasteiger partial charge is 0.331 e. The van der Waals surface area contributed by atoms with Gasteiger partial charge in [-0.25, -0.2) is 4.79 Å². The number of benzene rings is 2. The standard InChI is InChI=1S/C22H23N3O3/c1-14(2)17-9-11-18(12-10-17)23-15(3)19-20(26)24-22(28)25(21(19)27)13-16-7-5-4-6-8-16/h4-12,14,27H,13H2,1-3H3,(H,24,26,28). The molecule has 0 aliphatic rings. The van der Waals surface area contributed by atoms with Crippen LogP contribution in [0.1, 0.15) is 43.4 Å². The molecule has 0 bridgehead atoms. The van der Waals surface area contributed by atoms with Crippen molar-refractivity contribution in [2.24, 2.45) is 4.99 Å². The lowest BCUT2D eigenvalue weighted by atomic mass is 10.0. The molecule has 2 aromatic carbocycles. The van der Waals surface area contributed by atoms with Gasteiger partial charge in [-0.3, -0.25) is 19.3 Å². The molecule has 144 valence electrons. The highest BCUT2D eigenvalue weighted by molar-refractivity contribution is 6.01. The van der Waals surface area contributed by atoms with Crippen molar-refractivity contribution in [1.29, 1.82) is 0 Å². The molecule has 0 saturated heterocycles. The summed E-state index contributed by atoms with van der Waals surface area (Å²) < 4.78 is 1.13. The van der Waals surface area contributed by atoms with Crippen molar-refractivity contribution in [2.75, 3.05) is 0 Å². The van der Waals surface area contributed by atoms with Crippen LogP contribution in [0, 0.1) is 0 Å². The zero-order chi connectivity index (χ0) is 20.3. The fourth-order valence-corrected chi connectivity index (χ4v) is 2.98. The van der Waals surface area contributed by atoms with Crippen LogP contribution in [0.15, 0.2) is 69.2 Å². The SMILES string of the molecule is CC(=Nc1ccc(C(C)C)cc1)c1c(O)n(Cc2ccccc2)c(=O)[nH]c1=O. The Hall–Kier alpha value is -3.41. The molecule has 3 aromatic rings. The highest BCUT2D eigenvalue weighted by atomic mass is 16.3. The lowest BCUT2D eigenvalue weighted by Gasteiger charge is -2.11. The summed E-state index contributed by atoms with van der Waals surface area (Å²) in [5.41, 5.74) is 1.68. The van der Waals surface area contributed by atoms with Crippen molar-refractivity contribution >= 4 is 11.4 Å². The van der Waals surface area contributed by atoms with Crippen molar-refractivity contribution in [3.63, 3.8) is 0 Å². The molecule has 0 spiro atoms. The number of hydrogen-bond donors (Lipinski definition) is 2. The van der Waals surface area contributed by atoms with E-state index in [0.29, 0.717) is 17.3 Å². The van der Waals surface area contributed by atoms with E-state index in [1.807, 2.05) is 54.6 Å². The molecule has 1 aromatic heterocycles. The summed E-state index contributed by atoms with van der Waals surface area (Å²) in [6, 6.07) is 16.9. The lowest BCUT2D eigenvalue weighted by Crippen LogP contribution is -2.33. The van der Waals surface area contributed by atoms with E-state index in [1.165, 1.54) is 5.56 Å². The molecule has 6 heteroatoms. The van der Waals surface area contributed by atoms with Crippen LogP contribution in [0.2, 0.25) is 0 Å². The summed E-state index contributed by atoms with van der Waals surface area (Å²) in [5, 5.41) is 10.6. The summed E-state index contributed by atoms with van der Waals surface area (Å²) in [5.74, 6) is 0.0187. The zero-order valence-electron chi connectivity index (χ0n) is 16.1. The second kappa shape index (κ2) is 8.08. The van der Waals surface area contributed by atoms with Crippen LogP contribution in [0.25, 0.3) is 0 Å². The maximum Gasteiger partial charge on any atom is 0.331 e. The number of aliphatic imine (C=N–C) groups is 1. The quantitative estimate of drug-likeness (QED) is 0.667. The Labute approximate surface area is 162 Å². The molecule has 2 N–H and O–H groups in total. The predicted octanol–water partition coefficient (Wildman–Crippen LogP) is 3.55. The molecule has 28 heavy (non-hydrogen) atoms. The maximum atomic E-state index is 12.3. The van der Waals surface area contributed by atoms with Crippen LogP contribution < -0.4 is 11.2 Å². The molecule has 0 unspecified atom stereocenters. The third-order valence-corrected chi connectivity index (χ3v) is 4.57. The summed E-state index contributed by atoms with van der Waals surface area (Å²) in [6.07, 6.45) is 0. The van der Waals surface area contributed by atoms with Gasteiger partial charge in [-0.1, -0.05) is 56.3 Å². The van der Waals surface area contributed by atoms with E-state index < -0.39 is 17.1 Å². The molecule has 1 heterocycles. The Kier molecular flexibility index (Phi) is 5.59. The van der Waals surface area contributed by atoms with Crippen LogP contribution in [-0.2, 0) is 6.54 Å². The van der Waals surface area contributed by atoms with Crippen molar-refractivity contribution < 1.29 is 5.11 Å². The number of nitrogens with zero attached hydrogens (tertiary/aromatic N) is 2. The molecule has 0 radical (unpaired) electrons. The largest absolute Gasteiger partial charge is 0.494 e. The Morgan fingerprint density at radius 2 is 1.71 bits per heavy atom. The van der Waals surface area contributed by atoms with Crippen LogP contribution in [0.5, 0.6) is 5.88 Å². The number of nitrogens with one attached hydrogen (secondary N) is 1. The second-order valence-electron chi connectivity index (χ2n) is 6.97. The van der Waals surface area contributed by atoms with Gasteiger partial charge in [0.2, 0.25) is 5.88 Å². The number of H-pyrrole nitrogens is 1. The second-order valence-corrected chi connectivity index (χ2v) is 6.97.